The first-order chi connectivity index (χ1) is 9.73. The zero-order valence-electron chi connectivity index (χ0n) is 12.1. The molecule has 2 heterocycles. The smallest absolute Gasteiger partial charge is 0.313 e. The Morgan fingerprint density at radius 3 is 2.38 bits per heavy atom. The van der Waals surface area contributed by atoms with Crippen molar-refractivity contribution in [2.45, 2.75) is 39.2 Å². The number of fused-ring (bicyclic) bond motifs is 2. The van der Waals surface area contributed by atoms with Crippen molar-refractivity contribution >= 4 is 29.2 Å². The third-order valence-corrected chi connectivity index (χ3v) is 5.52. The van der Waals surface area contributed by atoms with E-state index in [4.69, 9.17) is 16.3 Å². The van der Waals surface area contributed by atoms with E-state index in [0.29, 0.717) is 18.5 Å². The largest absolute Gasteiger partial charge is 0.448 e. The molecule has 6 nitrogen and oxygen atoms in total. The number of nitrogens with zero attached hydrogens (tertiary/aromatic N) is 2. The minimum absolute atomic E-state index is 0.104. The molecule has 0 aromatic carbocycles. The minimum Gasteiger partial charge on any atom is -0.448 e. The molecule has 1 amide bonds. The summed E-state index contributed by atoms with van der Waals surface area (Å²) in [5.41, 5.74) is -1.92. The fourth-order valence-corrected chi connectivity index (χ4v) is 3.45. The van der Waals surface area contributed by atoms with Gasteiger partial charge in [-0.05, 0) is 31.4 Å². The number of anilines is 1. The van der Waals surface area contributed by atoms with Gasteiger partial charge in [0.1, 0.15) is 0 Å². The Kier molecular flexibility index (Phi) is 2.82. The topological polar surface area (TPSA) is 81.2 Å². The van der Waals surface area contributed by atoms with Crippen LogP contribution in [0.3, 0.4) is 0 Å². The van der Waals surface area contributed by atoms with Crippen molar-refractivity contribution in [3.63, 3.8) is 0 Å². The summed E-state index contributed by atoms with van der Waals surface area (Å²) in [6, 6.07) is 0. The minimum atomic E-state index is -1.14. The van der Waals surface area contributed by atoms with Crippen molar-refractivity contribution in [2.24, 2.45) is 10.8 Å². The Labute approximate surface area is 127 Å². The molecule has 2 bridgehead atoms. The van der Waals surface area contributed by atoms with Gasteiger partial charge < -0.3 is 10.1 Å². The molecule has 0 unspecified atom stereocenters. The molecule has 1 aliphatic carbocycles. The summed E-state index contributed by atoms with van der Waals surface area (Å²) >= 11 is 5.62. The van der Waals surface area contributed by atoms with Crippen molar-refractivity contribution in [3.8, 4) is 0 Å². The zero-order valence-corrected chi connectivity index (χ0v) is 12.8. The van der Waals surface area contributed by atoms with Crippen LogP contribution in [0.2, 0.25) is 5.28 Å². The Balaban J connectivity index is 1.91. The fourth-order valence-electron chi connectivity index (χ4n) is 3.36. The number of halogens is 1. The number of carbonyl (C=O) groups is 2. The van der Waals surface area contributed by atoms with Crippen LogP contribution in [0.4, 0.5) is 5.69 Å². The number of ether oxygens (including phenoxy) is 1. The third-order valence-electron chi connectivity index (χ3n) is 5.33. The summed E-state index contributed by atoms with van der Waals surface area (Å²) in [4.78, 5) is 32.5. The van der Waals surface area contributed by atoms with Gasteiger partial charge in [-0.15, -0.1) is 0 Å². The van der Waals surface area contributed by atoms with E-state index in [0.717, 1.165) is 0 Å². The van der Waals surface area contributed by atoms with Gasteiger partial charge >= 0.3 is 5.97 Å². The Morgan fingerprint density at radius 2 is 1.90 bits per heavy atom. The maximum Gasteiger partial charge on any atom is 0.313 e. The number of aromatic nitrogens is 2. The Bertz CT molecular complexity index is 631. The lowest BCUT2D eigenvalue weighted by molar-refractivity contribution is -0.165. The molecule has 1 aromatic heterocycles. The van der Waals surface area contributed by atoms with Gasteiger partial charge in [-0.25, -0.2) is 9.97 Å². The summed E-state index contributed by atoms with van der Waals surface area (Å²) < 4.78 is 5.51. The summed E-state index contributed by atoms with van der Waals surface area (Å²) in [7, 11) is 0. The van der Waals surface area contributed by atoms with E-state index in [-0.39, 0.29) is 17.2 Å². The third kappa shape index (κ3) is 1.65. The number of carbonyl (C=O) groups excluding carboxylic acids is 2. The summed E-state index contributed by atoms with van der Waals surface area (Å²) in [6.45, 7) is 5.68. The zero-order chi connectivity index (χ0) is 15.5. The second kappa shape index (κ2) is 4.16. The number of esters is 1. The van der Waals surface area contributed by atoms with Gasteiger partial charge in [-0.3, -0.25) is 9.59 Å². The summed E-state index contributed by atoms with van der Waals surface area (Å²) in [6.07, 6.45) is 4.00. The van der Waals surface area contributed by atoms with Crippen LogP contribution in [0.25, 0.3) is 0 Å². The van der Waals surface area contributed by atoms with E-state index in [1.807, 2.05) is 20.8 Å². The standard InChI is InChI=1S/C14H16ClN3O3/c1-12(2)13(3)4-5-14(12,21-10(13)20)9(19)18-8-6-16-11(15)17-7-8/h6-7H,4-5H2,1-3H3,(H,18,19)/t13-,14+/m0/s1. The lowest BCUT2D eigenvalue weighted by atomic mass is 9.66. The van der Waals surface area contributed by atoms with Gasteiger partial charge in [0.15, 0.2) is 5.60 Å². The lowest BCUT2D eigenvalue weighted by Gasteiger charge is -2.35. The van der Waals surface area contributed by atoms with Crippen molar-refractivity contribution in [3.05, 3.63) is 17.7 Å². The van der Waals surface area contributed by atoms with Crippen LogP contribution < -0.4 is 5.32 Å². The van der Waals surface area contributed by atoms with Gasteiger partial charge in [-0.1, -0.05) is 13.8 Å². The van der Waals surface area contributed by atoms with E-state index in [1.54, 1.807) is 0 Å². The first-order valence-corrected chi connectivity index (χ1v) is 7.13. The first-order valence-electron chi connectivity index (χ1n) is 6.75. The van der Waals surface area contributed by atoms with Gasteiger partial charge in [0.25, 0.3) is 5.91 Å². The highest BCUT2D eigenvalue weighted by atomic mass is 35.5. The second-order valence-corrected chi connectivity index (χ2v) is 6.71. The van der Waals surface area contributed by atoms with Crippen LogP contribution in [-0.2, 0) is 14.3 Å². The molecule has 1 aliphatic heterocycles. The van der Waals surface area contributed by atoms with Crippen molar-refractivity contribution < 1.29 is 14.3 Å². The molecule has 3 rings (SSSR count). The predicted octanol–water partition coefficient (Wildman–Crippen LogP) is 2.19. The van der Waals surface area contributed by atoms with Crippen LogP contribution in [0.5, 0.6) is 0 Å². The fraction of sp³-hybridized carbons (Fsp3) is 0.571. The molecule has 1 N–H and O–H groups in total. The van der Waals surface area contributed by atoms with Crippen LogP contribution in [0, 0.1) is 10.8 Å². The molecule has 1 aromatic rings. The molecule has 1 saturated carbocycles. The van der Waals surface area contributed by atoms with Gasteiger partial charge in [0, 0.05) is 5.41 Å². The normalized spacial score (nSPS) is 32.9. The highest BCUT2D eigenvalue weighted by Gasteiger charge is 2.75. The second-order valence-electron chi connectivity index (χ2n) is 6.37. The van der Waals surface area contributed by atoms with Gasteiger partial charge in [0.05, 0.1) is 23.5 Å². The molecule has 0 radical (unpaired) electrons. The first kappa shape index (κ1) is 14.3. The number of hydrogen-bond donors (Lipinski definition) is 1. The lowest BCUT2D eigenvalue weighted by Crippen LogP contribution is -2.50. The Hall–Kier alpha value is -1.69. The molecular formula is C14H16ClN3O3. The van der Waals surface area contributed by atoms with Crippen molar-refractivity contribution in [1.29, 1.82) is 0 Å². The monoisotopic (exact) mass is 309 g/mol. The number of hydrogen-bond acceptors (Lipinski definition) is 5. The van der Waals surface area contributed by atoms with E-state index >= 15 is 0 Å². The molecule has 2 aliphatic rings. The van der Waals surface area contributed by atoms with E-state index in [2.05, 4.69) is 15.3 Å². The van der Waals surface area contributed by atoms with Crippen LogP contribution in [0.1, 0.15) is 33.6 Å². The number of nitrogens with one attached hydrogen (secondary N) is 1. The van der Waals surface area contributed by atoms with Gasteiger partial charge in [0.2, 0.25) is 5.28 Å². The summed E-state index contributed by atoms with van der Waals surface area (Å²) in [5, 5.41) is 2.83. The number of rotatable bonds is 2. The van der Waals surface area contributed by atoms with Crippen molar-refractivity contribution in [2.75, 3.05) is 5.32 Å². The van der Waals surface area contributed by atoms with Crippen LogP contribution >= 0.6 is 11.6 Å². The molecule has 112 valence electrons. The average Bonchev–Trinajstić information content (AvgIpc) is 2.72. The van der Waals surface area contributed by atoms with E-state index in [1.165, 1.54) is 12.4 Å². The summed E-state index contributed by atoms with van der Waals surface area (Å²) in [5.74, 6) is -0.644. The highest BCUT2D eigenvalue weighted by Crippen LogP contribution is 2.65. The number of amides is 1. The average molecular weight is 310 g/mol. The van der Waals surface area contributed by atoms with E-state index < -0.39 is 16.4 Å². The predicted molar refractivity (Wildman–Crippen MR) is 75.6 cm³/mol. The Morgan fingerprint density at radius 1 is 1.29 bits per heavy atom. The quantitative estimate of drug-likeness (QED) is 0.669. The molecule has 2 fully saturated rings. The SMILES string of the molecule is CC1(C)[C@@]2(C)CC[C@]1(C(=O)Nc1cnc(Cl)nc1)OC2=O. The molecule has 7 heteroatoms. The van der Waals surface area contributed by atoms with Crippen molar-refractivity contribution in [1.82, 2.24) is 9.97 Å². The van der Waals surface area contributed by atoms with Crippen LogP contribution in [-0.4, -0.2) is 27.4 Å². The van der Waals surface area contributed by atoms with E-state index in [9.17, 15) is 9.59 Å². The molecule has 0 spiro atoms. The maximum atomic E-state index is 12.7. The maximum absolute atomic E-state index is 12.7. The molecule has 2 atom stereocenters. The molecule has 1 saturated heterocycles. The molecule has 21 heavy (non-hydrogen) atoms. The molecular weight excluding hydrogens is 294 g/mol. The highest BCUT2D eigenvalue weighted by molar-refractivity contribution is 6.28. The van der Waals surface area contributed by atoms with Crippen LogP contribution in [0.15, 0.2) is 12.4 Å². The van der Waals surface area contributed by atoms with Gasteiger partial charge in [-0.2, -0.15) is 0 Å².